The Kier molecular flexibility index (Phi) is 5.92. The van der Waals surface area contributed by atoms with Crippen molar-refractivity contribution in [2.75, 3.05) is 5.32 Å². The van der Waals surface area contributed by atoms with Gasteiger partial charge in [-0.15, -0.1) is 0 Å². The maximum absolute atomic E-state index is 13.6. The number of amides is 2. The lowest BCUT2D eigenvalue weighted by Gasteiger charge is -2.12. The number of alkyl halides is 3. The number of primary amides is 1. The molecule has 2 aromatic heterocycles. The molecule has 0 radical (unpaired) electrons. The van der Waals surface area contributed by atoms with Crippen molar-refractivity contribution in [1.82, 2.24) is 9.78 Å². The van der Waals surface area contributed by atoms with E-state index >= 15 is 0 Å². The molecule has 0 bridgehead atoms. The summed E-state index contributed by atoms with van der Waals surface area (Å²) in [5.41, 5.74) is 12.2. The zero-order chi connectivity index (χ0) is 26.3. The number of benzene rings is 3. The molecular formula is C26H20F3N5O3. The van der Waals surface area contributed by atoms with E-state index in [0.29, 0.717) is 28.1 Å². The maximum atomic E-state index is 13.6. The minimum absolute atomic E-state index is 0.204. The predicted molar refractivity (Wildman–Crippen MR) is 132 cm³/mol. The van der Waals surface area contributed by atoms with Gasteiger partial charge in [-0.05, 0) is 48.5 Å². The zero-order valence-electron chi connectivity index (χ0n) is 19.1. The molecule has 5 aromatic rings. The van der Waals surface area contributed by atoms with Crippen LogP contribution in [0.2, 0.25) is 0 Å². The second-order valence-corrected chi connectivity index (χ2v) is 8.45. The highest BCUT2D eigenvalue weighted by Crippen LogP contribution is 2.36. The van der Waals surface area contributed by atoms with Gasteiger partial charge >= 0.3 is 6.18 Å². The SMILES string of the molecule is NC(=O)CC(N)C(=O)Nc1ccc(-n2nc(C(F)(F)F)cc2-c2ccc3c(c2)oc2ccccc23)cc1. The lowest BCUT2D eigenvalue weighted by Crippen LogP contribution is -2.38. The van der Waals surface area contributed by atoms with Gasteiger partial charge in [0, 0.05) is 22.0 Å². The molecule has 188 valence electrons. The standard InChI is InChI=1S/C26H20F3N5O3/c27-26(28,29)23-13-20(14-5-10-18-17-3-1-2-4-21(17)37-22(18)11-14)34(33-23)16-8-6-15(7-9-16)32-25(36)19(30)12-24(31)35/h1-11,13,19H,12,30H2,(H2,31,35)(H,32,36). The molecule has 3 aromatic carbocycles. The summed E-state index contributed by atoms with van der Waals surface area (Å²) in [5, 5.41) is 8.09. The predicted octanol–water partition coefficient (Wildman–Crippen LogP) is 4.60. The summed E-state index contributed by atoms with van der Waals surface area (Å²) in [4.78, 5) is 23.1. The quantitative estimate of drug-likeness (QED) is 0.309. The van der Waals surface area contributed by atoms with E-state index in [1.165, 1.54) is 28.9 Å². The Hall–Kier alpha value is -4.64. The fourth-order valence-electron chi connectivity index (χ4n) is 4.04. The van der Waals surface area contributed by atoms with Crippen LogP contribution in [0.1, 0.15) is 12.1 Å². The van der Waals surface area contributed by atoms with E-state index in [9.17, 15) is 22.8 Å². The summed E-state index contributed by atoms with van der Waals surface area (Å²) in [6.45, 7) is 0. The van der Waals surface area contributed by atoms with Gasteiger partial charge in [-0.2, -0.15) is 18.3 Å². The number of furan rings is 1. The average molecular weight is 507 g/mol. The number of fused-ring (bicyclic) bond motifs is 3. The van der Waals surface area contributed by atoms with Crippen LogP contribution in [0, 0.1) is 0 Å². The minimum atomic E-state index is -4.66. The number of hydrogen-bond acceptors (Lipinski definition) is 5. The summed E-state index contributed by atoms with van der Waals surface area (Å²) < 4.78 is 47.9. The van der Waals surface area contributed by atoms with Crippen molar-refractivity contribution in [2.45, 2.75) is 18.6 Å². The zero-order valence-corrected chi connectivity index (χ0v) is 19.1. The summed E-state index contributed by atoms with van der Waals surface area (Å²) >= 11 is 0. The summed E-state index contributed by atoms with van der Waals surface area (Å²) in [5.74, 6) is -1.34. The van der Waals surface area contributed by atoms with Gasteiger partial charge in [-0.3, -0.25) is 9.59 Å². The number of para-hydroxylation sites is 1. The van der Waals surface area contributed by atoms with E-state index in [1.807, 2.05) is 24.3 Å². The van der Waals surface area contributed by atoms with Crippen LogP contribution in [0.3, 0.4) is 0 Å². The van der Waals surface area contributed by atoms with Crippen LogP contribution in [0.25, 0.3) is 38.9 Å². The number of carbonyl (C=O) groups is 2. The van der Waals surface area contributed by atoms with Crippen LogP contribution < -0.4 is 16.8 Å². The van der Waals surface area contributed by atoms with E-state index in [1.54, 1.807) is 18.2 Å². The van der Waals surface area contributed by atoms with Crippen LogP contribution in [-0.2, 0) is 15.8 Å². The van der Waals surface area contributed by atoms with Crippen molar-refractivity contribution < 1.29 is 27.2 Å². The van der Waals surface area contributed by atoms with E-state index in [0.717, 1.165) is 16.8 Å². The lowest BCUT2D eigenvalue weighted by atomic mass is 10.1. The van der Waals surface area contributed by atoms with Crippen molar-refractivity contribution in [3.05, 3.63) is 78.5 Å². The Morgan fingerprint density at radius 2 is 1.68 bits per heavy atom. The van der Waals surface area contributed by atoms with Crippen LogP contribution in [0.5, 0.6) is 0 Å². The molecule has 0 saturated carbocycles. The summed E-state index contributed by atoms with van der Waals surface area (Å²) in [6.07, 6.45) is -4.98. The van der Waals surface area contributed by atoms with Gasteiger partial charge < -0.3 is 21.2 Å². The molecule has 11 heteroatoms. The first-order valence-corrected chi connectivity index (χ1v) is 11.1. The van der Waals surface area contributed by atoms with E-state index in [-0.39, 0.29) is 12.1 Å². The Balaban J connectivity index is 1.51. The highest BCUT2D eigenvalue weighted by molar-refractivity contribution is 6.05. The maximum Gasteiger partial charge on any atom is 0.435 e. The molecule has 0 aliphatic rings. The number of halogens is 3. The van der Waals surface area contributed by atoms with Crippen molar-refractivity contribution in [3.8, 4) is 16.9 Å². The first-order chi connectivity index (χ1) is 17.6. The molecule has 0 saturated heterocycles. The number of nitrogens with zero attached hydrogens (tertiary/aromatic N) is 2. The lowest BCUT2D eigenvalue weighted by molar-refractivity contribution is -0.141. The first-order valence-electron chi connectivity index (χ1n) is 11.1. The molecule has 1 unspecified atom stereocenters. The molecule has 5 rings (SSSR count). The average Bonchev–Trinajstić information content (AvgIpc) is 3.46. The molecule has 1 atom stereocenters. The number of carbonyl (C=O) groups excluding carboxylic acids is 2. The van der Waals surface area contributed by atoms with Crippen LogP contribution >= 0.6 is 0 Å². The number of rotatable bonds is 6. The van der Waals surface area contributed by atoms with E-state index in [2.05, 4.69) is 10.4 Å². The minimum Gasteiger partial charge on any atom is -0.456 e. The molecule has 0 aliphatic heterocycles. The second-order valence-electron chi connectivity index (χ2n) is 8.45. The molecule has 2 heterocycles. The third-order valence-electron chi connectivity index (χ3n) is 5.81. The highest BCUT2D eigenvalue weighted by atomic mass is 19.4. The van der Waals surface area contributed by atoms with E-state index in [4.69, 9.17) is 15.9 Å². The van der Waals surface area contributed by atoms with Crippen molar-refractivity contribution in [1.29, 1.82) is 0 Å². The van der Waals surface area contributed by atoms with Gasteiger partial charge in [0.05, 0.1) is 23.8 Å². The molecule has 37 heavy (non-hydrogen) atoms. The van der Waals surface area contributed by atoms with Crippen molar-refractivity contribution >= 4 is 39.4 Å². The van der Waals surface area contributed by atoms with Gasteiger partial charge in [0.2, 0.25) is 11.8 Å². The van der Waals surface area contributed by atoms with Gasteiger partial charge in [-0.1, -0.05) is 24.3 Å². The fraction of sp³-hybridized carbons (Fsp3) is 0.115. The fourth-order valence-corrected chi connectivity index (χ4v) is 4.04. The molecule has 5 N–H and O–H groups in total. The van der Waals surface area contributed by atoms with Crippen LogP contribution in [-0.4, -0.2) is 27.6 Å². The highest BCUT2D eigenvalue weighted by Gasteiger charge is 2.35. The van der Waals surface area contributed by atoms with Gasteiger partial charge in [0.25, 0.3) is 0 Å². The third kappa shape index (κ3) is 4.76. The number of aromatic nitrogens is 2. The molecule has 0 aliphatic carbocycles. The van der Waals surface area contributed by atoms with Crippen LogP contribution in [0.4, 0.5) is 18.9 Å². The third-order valence-corrected chi connectivity index (χ3v) is 5.81. The molecule has 0 spiro atoms. The van der Waals surface area contributed by atoms with Gasteiger partial charge in [0.1, 0.15) is 11.2 Å². The molecule has 2 amide bonds. The molecule has 8 nitrogen and oxygen atoms in total. The smallest absolute Gasteiger partial charge is 0.435 e. The summed E-state index contributed by atoms with van der Waals surface area (Å²) in [7, 11) is 0. The monoisotopic (exact) mass is 507 g/mol. The van der Waals surface area contributed by atoms with Gasteiger partial charge in [0.15, 0.2) is 5.69 Å². The Morgan fingerprint density at radius 3 is 2.38 bits per heavy atom. The topological polar surface area (TPSA) is 129 Å². The number of anilines is 1. The van der Waals surface area contributed by atoms with Crippen molar-refractivity contribution in [3.63, 3.8) is 0 Å². The van der Waals surface area contributed by atoms with Crippen molar-refractivity contribution in [2.24, 2.45) is 11.5 Å². The largest absolute Gasteiger partial charge is 0.456 e. The number of nitrogens with one attached hydrogen (secondary N) is 1. The molecule has 0 fully saturated rings. The first kappa shape index (κ1) is 24.1. The van der Waals surface area contributed by atoms with Crippen LogP contribution in [0.15, 0.2) is 77.2 Å². The number of nitrogens with two attached hydrogens (primary N) is 2. The normalized spacial score (nSPS) is 12.6. The Bertz CT molecular complexity index is 1640. The summed E-state index contributed by atoms with van der Waals surface area (Å²) in [6, 6.07) is 18.5. The Labute approximate surface area is 207 Å². The number of hydrogen-bond donors (Lipinski definition) is 3. The van der Waals surface area contributed by atoms with E-state index < -0.39 is 29.7 Å². The Morgan fingerprint density at radius 1 is 0.973 bits per heavy atom. The van der Waals surface area contributed by atoms with Gasteiger partial charge in [-0.25, -0.2) is 4.68 Å². The molecular weight excluding hydrogens is 487 g/mol. The second kappa shape index (κ2) is 9.10.